The summed E-state index contributed by atoms with van der Waals surface area (Å²) in [4.78, 5) is 10.9. The number of ether oxygens (including phenoxy) is 1. The average molecular weight is 322 g/mol. The third-order valence-corrected chi connectivity index (χ3v) is 3.87. The van der Waals surface area contributed by atoms with Crippen molar-refractivity contribution in [3.8, 4) is 5.75 Å². The van der Waals surface area contributed by atoms with E-state index in [1.54, 1.807) is 12.1 Å². The van der Waals surface area contributed by atoms with Crippen molar-refractivity contribution >= 4 is 38.1 Å². The lowest BCUT2D eigenvalue weighted by Crippen LogP contribution is -2.12. The van der Waals surface area contributed by atoms with E-state index in [1.165, 1.54) is 0 Å². The smallest absolute Gasteiger partial charge is 0.153 e. The summed E-state index contributed by atoms with van der Waals surface area (Å²) in [6.07, 6.45) is 0.798. The molecule has 14 heavy (non-hydrogen) atoms. The molecule has 0 spiro atoms. The molecule has 0 aliphatic heterocycles. The Kier molecular flexibility index (Phi) is 5.19. The van der Waals surface area contributed by atoms with E-state index in [0.29, 0.717) is 17.9 Å². The molecule has 0 bridgehead atoms. The molecule has 0 aliphatic rings. The number of benzene rings is 1. The second kappa shape index (κ2) is 6.19. The fourth-order valence-corrected chi connectivity index (χ4v) is 1.25. The normalized spacial score (nSPS) is 12.1. The van der Waals surface area contributed by atoms with Crippen LogP contribution in [0.25, 0.3) is 0 Å². The van der Waals surface area contributed by atoms with Crippen LogP contribution < -0.4 is 4.74 Å². The van der Waals surface area contributed by atoms with Crippen LogP contribution in [-0.2, 0) is 0 Å². The molecule has 1 aromatic carbocycles. The molecule has 0 heterocycles. The van der Waals surface area contributed by atoms with Gasteiger partial charge >= 0.3 is 0 Å². The number of rotatable bonds is 5. The van der Waals surface area contributed by atoms with Crippen LogP contribution in [0.5, 0.6) is 5.75 Å². The van der Waals surface area contributed by atoms with Crippen molar-refractivity contribution in [1.29, 1.82) is 0 Å². The minimum atomic E-state index is 0.252. The van der Waals surface area contributed by atoms with Gasteiger partial charge in [-0.05, 0) is 12.1 Å². The summed E-state index contributed by atoms with van der Waals surface area (Å²) in [6, 6.07) is 7.18. The van der Waals surface area contributed by atoms with Gasteiger partial charge in [0.25, 0.3) is 0 Å². The monoisotopic (exact) mass is 320 g/mol. The van der Waals surface area contributed by atoms with Gasteiger partial charge < -0.3 is 4.74 Å². The molecular formula is C10H10Br2O2. The molecule has 0 aliphatic carbocycles. The average Bonchev–Trinajstić information content (AvgIpc) is 2.26. The molecule has 0 saturated heterocycles. The van der Waals surface area contributed by atoms with Gasteiger partial charge in [-0.15, -0.1) is 0 Å². The second-order valence-corrected chi connectivity index (χ2v) is 4.66. The standard InChI is InChI=1S/C10H10Br2O2/c11-5-9(12)7-14-10-4-2-1-3-8(10)6-13/h1-4,6,9H,5,7H2. The maximum absolute atomic E-state index is 10.6. The van der Waals surface area contributed by atoms with E-state index in [-0.39, 0.29) is 4.83 Å². The Bertz CT molecular complexity index is 302. The predicted molar refractivity (Wildman–Crippen MR) is 63.8 cm³/mol. The largest absolute Gasteiger partial charge is 0.492 e. The summed E-state index contributed by atoms with van der Waals surface area (Å²) in [6.45, 7) is 0.538. The molecule has 1 rings (SSSR count). The number of halogens is 2. The SMILES string of the molecule is O=Cc1ccccc1OCC(Br)CBr. The Morgan fingerprint density at radius 2 is 2.14 bits per heavy atom. The molecular weight excluding hydrogens is 312 g/mol. The Labute approximate surface area is 99.9 Å². The van der Waals surface area contributed by atoms with E-state index in [2.05, 4.69) is 31.9 Å². The molecule has 1 aromatic rings. The molecule has 0 fully saturated rings. The first-order valence-electron chi connectivity index (χ1n) is 4.15. The number of alkyl halides is 2. The highest BCUT2D eigenvalue weighted by Crippen LogP contribution is 2.17. The number of hydrogen-bond acceptors (Lipinski definition) is 2. The predicted octanol–water partition coefficient (Wildman–Crippen LogP) is 3.04. The van der Waals surface area contributed by atoms with E-state index in [1.807, 2.05) is 12.1 Å². The van der Waals surface area contributed by atoms with E-state index in [9.17, 15) is 4.79 Å². The van der Waals surface area contributed by atoms with Gasteiger partial charge in [-0.1, -0.05) is 44.0 Å². The second-order valence-electron chi connectivity index (χ2n) is 2.72. The highest BCUT2D eigenvalue weighted by molar-refractivity contribution is 9.12. The first-order valence-corrected chi connectivity index (χ1v) is 6.18. The Morgan fingerprint density at radius 1 is 1.43 bits per heavy atom. The molecule has 0 saturated carbocycles. The van der Waals surface area contributed by atoms with Crippen LogP contribution in [0.3, 0.4) is 0 Å². The van der Waals surface area contributed by atoms with E-state index in [0.717, 1.165) is 11.6 Å². The summed E-state index contributed by atoms with van der Waals surface area (Å²) in [5.74, 6) is 0.632. The molecule has 0 aromatic heterocycles. The van der Waals surface area contributed by atoms with Crippen LogP contribution in [0, 0.1) is 0 Å². The highest BCUT2D eigenvalue weighted by Gasteiger charge is 2.05. The lowest BCUT2D eigenvalue weighted by atomic mass is 10.2. The Balaban J connectivity index is 2.61. The van der Waals surface area contributed by atoms with Crippen LogP contribution in [-0.4, -0.2) is 23.1 Å². The van der Waals surface area contributed by atoms with Gasteiger partial charge in [0.05, 0.1) is 10.4 Å². The van der Waals surface area contributed by atoms with Crippen molar-refractivity contribution in [3.63, 3.8) is 0 Å². The number of aldehydes is 1. The molecule has 0 amide bonds. The molecule has 0 radical (unpaired) electrons. The van der Waals surface area contributed by atoms with Gasteiger partial charge in [-0.3, -0.25) is 4.79 Å². The van der Waals surface area contributed by atoms with Crippen molar-refractivity contribution in [2.45, 2.75) is 4.83 Å². The zero-order valence-electron chi connectivity index (χ0n) is 7.45. The van der Waals surface area contributed by atoms with Gasteiger partial charge in [0, 0.05) is 5.33 Å². The lowest BCUT2D eigenvalue weighted by molar-refractivity contribution is 0.111. The topological polar surface area (TPSA) is 26.3 Å². The number of para-hydroxylation sites is 1. The third kappa shape index (κ3) is 3.42. The van der Waals surface area contributed by atoms with Crippen LogP contribution in [0.4, 0.5) is 0 Å². The van der Waals surface area contributed by atoms with Crippen molar-refractivity contribution in [1.82, 2.24) is 0 Å². The fraction of sp³-hybridized carbons (Fsp3) is 0.300. The highest BCUT2D eigenvalue weighted by atomic mass is 79.9. The summed E-state index contributed by atoms with van der Waals surface area (Å²) < 4.78 is 5.47. The van der Waals surface area contributed by atoms with Crippen LogP contribution in [0.1, 0.15) is 10.4 Å². The van der Waals surface area contributed by atoms with Crippen molar-refractivity contribution < 1.29 is 9.53 Å². The Morgan fingerprint density at radius 3 is 2.79 bits per heavy atom. The summed E-state index contributed by atoms with van der Waals surface area (Å²) in [7, 11) is 0. The number of carbonyl (C=O) groups is 1. The number of carbonyl (C=O) groups excluding carboxylic acids is 1. The molecule has 4 heteroatoms. The van der Waals surface area contributed by atoms with E-state index in [4.69, 9.17) is 4.74 Å². The van der Waals surface area contributed by atoms with Crippen LogP contribution in [0.2, 0.25) is 0 Å². The molecule has 1 unspecified atom stereocenters. The summed E-state index contributed by atoms with van der Waals surface area (Å²) in [5, 5.41) is 0.816. The third-order valence-electron chi connectivity index (χ3n) is 1.63. The van der Waals surface area contributed by atoms with Crippen LogP contribution in [0.15, 0.2) is 24.3 Å². The zero-order valence-corrected chi connectivity index (χ0v) is 10.6. The molecule has 1 atom stereocenters. The fourth-order valence-electron chi connectivity index (χ4n) is 0.934. The van der Waals surface area contributed by atoms with Gasteiger partial charge in [0.1, 0.15) is 12.4 Å². The minimum absolute atomic E-state index is 0.252. The van der Waals surface area contributed by atoms with Gasteiger partial charge in [-0.25, -0.2) is 0 Å². The van der Waals surface area contributed by atoms with Crippen molar-refractivity contribution in [2.24, 2.45) is 0 Å². The molecule has 2 nitrogen and oxygen atoms in total. The maximum Gasteiger partial charge on any atom is 0.153 e. The first kappa shape index (κ1) is 11.7. The van der Waals surface area contributed by atoms with Crippen molar-refractivity contribution in [3.05, 3.63) is 29.8 Å². The molecule has 0 N–H and O–H groups in total. The molecule has 76 valence electrons. The zero-order chi connectivity index (χ0) is 10.4. The van der Waals surface area contributed by atoms with Gasteiger partial charge in [-0.2, -0.15) is 0 Å². The Hall–Kier alpha value is -0.350. The van der Waals surface area contributed by atoms with Gasteiger partial charge in [0.2, 0.25) is 0 Å². The maximum atomic E-state index is 10.6. The lowest BCUT2D eigenvalue weighted by Gasteiger charge is -2.10. The first-order chi connectivity index (χ1) is 6.77. The van der Waals surface area contributed by atoms with Crippen LogP contribution >= 0.6 is 31.9 Å². The van der Waals surface area contributed by atoms with E-state index >= 15 is 0 Å². The number of hydrogen-bond donors (Lipinski definition) is 0. The van der Waals surface area contributed by atoms with E-state index < -0.39 is 0 Å². The minimum Gasteiger partial charge on any atom is -0.492 e. The quantitative estimate of drug-likeness (QED) is 0.615. The van der Waals surface area contributed by atoms with Crippen molar-refractivity contribution in [2.75, 3.05) is 11.9 Å². The summed E-state index contributed by atoms with van der Waals surface area (Å²) >= 11 is 6.75. The van der Waals surface area contributed by atoms with Gasteiger partial charge in [0.15, 0.2) is 6.29 Å². The summed E-state index contributed by atoms with van der Waals surface area (Å²) in [5.41, 5.74) is 0.585.